The highest BCUT2D eigenvalue weighted by atomic mass is 19.1. The molecule has 3 heterocycles. The number of aromatic hydroxyl groups is 1. The fraction of sp³-hybridized carbons (Fsp3) is 0.312. The van der Waals surface area contributed by atoms with E-state index in [1.54, 1.807) is 16.8 Å². The molecule has 0 saturated carbocycles. The molecule has 0 radical (unpaired) electrons. The number of aryl methyl sites for hydroxylation is 1. The summed E-state index contributed by atoms with van der Waals surface area (Å²) in [6.07, 6.45) is 3.59. The number of fused-ring (bicyclic) bond motifs is 1. The highest BCUT2D eigenvalue weighted by molar-refractivity contribution is 5.96. The third-order valence-corrected chi connectivity index (χ3v) is 7.74. The zero-order valence-corrected chi connectivity index (χ0v) is 23.3. The molecule has 1 aliphatic rings. The van der Waals surface area contributed by atoms with E-state index in [1.807, 2.05) is 32.9 Å². The van der Waals surface area contributed by atoms with Crippen molar-refractivity contribution >= 4 is 16.6 Å². The normalized spacial score (nSPS) is 16.2. The average Bonchev–Trinajstić information content (AvgIpc) is 2.90. The molecule has 8 heteroatoms. The first-order valence-electron chi connectivity index (χ1n) is 13.5. The van der Waals surface area contributed by atoms with Crippen LogP contribution in [0.25, 0.3) is 27.7 Å². The number of pyridine rings is 2. The maximum Gasteiger partial charge on any atom is 0.257 e. The monoisotopic (exact) mass is 544 g/mol. The predicted octanol–water partition coefficient (Wildman–Crippen LogP) is 6.16. The standard InChI is InChI=1S/C32H34F2N4O2/c1-6-12-36-13-14-37(18-21(36)5)26-17-29(40)38(32-20(4)10-11-35-31(32)19(2)3)27-16-22(25(34)15-23(26)27)30-24(33)8-7-9-28(30)39/h6-11,15-17,19,21,39H,1,12-14,18H2,2-5H3/t21-/m1/s1. The van der Waals surface area contributed by atoms with Crippen LogP contribution in [0.1, 0.15) is 37.9 Å². The maximum absolute atomic E-state index is 15.9. The van der Waals surface area contributed by atoms with Crippen LogP contribution in [0, 0.1) is 18.6 Å². The van der Waals surface area contributed by atoms with Crippen LogP contribution < -0.4 is 10.5 Å². The summed E-state index contributed by atoms with van der Waals surface area (Å²) >= 11 is 0. The smallest absolute Gasteiger partial charge is 0.257 e. The van der Waals surface area contributed by atoms with Crippen molar-refractivity contribution in [2.75, 3.05) is 31.1 Å². The number of phenolic OH excluding ortho intramolecular Hbond substituents is 1. The second-order valence-electron chi connectivity index (χ2n) is 10.8. The number of piperazine rings is 1. The quantitative estimate of drug-likeness (QED) is 0.295. The van der Waals surface area contributed by atoms with Gasteiger partial charge in [0.15, 0.2) is 0 Å². The van der Waals surface area contributed by atoms with Gasteiger partial charge in [-0.3, -0.25) is 19.2 Å². The van der Waals surface area contributed by atoms with Gasteiger partial charge in [-0.2, -0.15) is 0 Å². The molecule has 0 amide bonds. The van der Waals surface area contributed by atoms with Crippen LogP contribution in [-0.2, 0) is 0 Å². The largest absolute Gasteiger partial charge is 0.507 e. The molecule has 0 aliphatic carbocycles. The third kappa shape index (κ3) is 4.77. The highest BCUT2D eigenvalue weighted by Crippen LogP contribution is 2.39. The Kier molecular flexibility index (Phi) is 7.47. The van der Waals surface area contributed by atoms with Crippen molar-refractivity contribution in [3.8, 4) is 22.6 Å². The van der Waals surface area contributed by atoms with E-state index < -0.39 is 11.6 Å². The number of rotatable bonds is 6. The number of benzene rings is 2. The SMILES string of the molecule is C=CCN1CCN(c2cc(=O)n(-c3c(C)ccnc3C(C)C)c3cc(-c4c(O)cccc4F)c(F)cc23)C[C@H]1C. The molecule has 1 aliphatic heterocycles. The number of aromatic nitrogens is 2. The summed E-state index contributed by atoms with van der Waals surface area (Å²) in [7, 11) is 0. The van der Waals surface area contributed by atoms with Gasteiger partial charge in [-0.1, -0.05) is 26.0 Å². The Morgan fingerprint density at radius 2 is 1.93 bits per heavy atom. The predicted molar refractivity (Wildman–Crippen MR) is 157 cm³/mol. The Bertz CT molecular complexity index is 1640. The lowest BCUT2D eigenvalue weighted by atomic mass is 9.98. The Labute approximate surface area is 232 Å². The Balaban J connectivity index is 1.83. The van der Waals surface area contributed by atoms with Crippen LogP contribution in [0.4, 0.5) is 14.5 Å². The number of nitrogens with zero attached hydrogens (tertiary/aromatic N) is 4. The Hall–Kier alpha value is -4.04. The summed E-state index contributed by atoms with van der Waals surface area (Å²) in [6.45, 7) is 14.7. The zero-order valence-electron chi connectivity index (χ0n) is 23.3. The van der Waals surface area contributed by atoms with E-state index in [2.05, 4.69) is 28.3 Å². The fourth-order valence-electron chi connectivity index (χ4n) is 5.73. The molecule has 208 valence electrons. The molecule has 0 unspecified atom stereocenters. The number of phenols is 1. The van der Waals surface area contributed by atoms with Crippen molar-refractivity contribution in [2.45, 2.75) is 39.7 Å². The lowest BCUT2D eigenvalue weighted by molar-refractivity contribution is 0.210. The topological polar surface area (TPSA) is 61.6 Å². The molecule has 6 nitrogen and oxygen atoms in total. The first-order valence-corrected chi connectivity index (χ1v) is 13.5. The Morgan fingerprint density at radius 3 is 2.60 bits per heavy atom. The van der Waals surface area contributed by atoms with Crippen molar-refractivity contribution in [2.24, 2.45) is 0 Å². The molecule has 4 aromatic rings. The second-order valence-corrected chi connectivity index (χ2v) is 10.8. The summed E-state index contributed by atoms with van der Waals surface area (Å²) in [4.78, 5) is 23.0. The van der Waals surface area contributed by atoms with Crippen LogP contribution in [0.3, 0.4) is 0 Å². The first kappa shape index (κ1) is 27.5. The summed E-state index contributed by atoms with van der Waals surface area (Å²) in [5, 5.41) is 11.0. The van der Waals surface area contributed by atoms with Gasteiger partial charge in [0.05, 0.1) is 28.1 Å². The summed E-state index contributed by atoms with van der Waals surface area (Å²) in [5.41, 5.74) is 2.56. The number of halogens is 2. The molecule has 1 atom stereocenters. The van der Waals surface area contributed by atoms with Crippen LogP contribution in [0.2, 0.25) is 0 Å². The van der Waals surface area contributed by atoms with E-state index in [0.29, 0.717) is 35.4 Å². The second kappa shape index (κ2) is 10.8. The van der Waals surface area contributed by atoms with Gasteiger partial charge in [-0.25, -0.2) is 8.78 Å². The van der Waals surface area contributed by atoms with Crippen molar-refractivity contribution in [3.63, 3.8) is 0 Å². The molecule has 5 rings (SSSR count). The maximum atomic E-state index is 15.9. The van der Waals surface area contributed by atoms with E-state index in [0.717, 1.165) is 24.3 Å². The van der Waals surface area contributed by atoms with Crippen molar-refractivity contribution in [1.29, 1.82) is 0 Å². The van der Waals surface area contributed by atoms with Crippen LogP contribution in [0.15, 0.2) is 66.1 Å². The molecule has 1 N–H and O–H groups in total. The van der Waals surface area contributed by atoms with Gasteiger partial charge in [-0.15, -0.1) is 6.58 Å². The van der Waals surface area contributed by atoms with Crippen molar-refractivity contribution in [3.05, 3.63) is 94.6 Å². The number of hydrogen-bond donors (Lipinski definition) is 1. The minimum Gasteiger partial charge on any atom is -0.507 e. The van der Waals surface area contributed by atoms with E-state index in [4.69, 9.17) is 0 Å². The van der Waals surface area contributed by atoms with E-state index in [-0.39, 0.29) is 34.4 Å². The van der Waals surface area contributed by atoms with Gasteiger partial charge >= 0.3 is 0 Å². The average molecular weight is 545 g/mol. The summed E-state index contributed by atoms with van der Waals surface area (Å²) in [5.74, 6) is -1.82. The van der Waals surface area contributed by atoms with Crippen LogP contribution >= 0.6 is 0 Å². The summed E-state index contributed by atoms with van der Waals surface area (Å²) < 4.78 is 32.3. The van der Waals surface area contributed by atoms with Crippen molar-refractivity contribution in [1.82, 2.24) is 14.5 Å². The van der Waals surface area contributed by atoms with Gasteiger partial charge in [-0.05, 0) is 55.7 Å². The Morgan fingerprint density at radius 1 is 1.15 bits per heavy atom. The minimum atomic E-state index is -0.754. The molecular weight excluding hydrogens is 510 g/mol. The molecule has 0 spiro atoms. The molecule has 2 aromatic carbocycles. The lowest BCUT2D eigenvalue weighted by Gasteiger charge is -2.41. The van der Waals surface area contributed by atoms with E-state index in [1.165, 1.54) is 30.3 Å². The molecule has 1 fully saturated rings. The van der Waals surface area contributed by atoms with E-state index in [9.17, 15) is 14.3 Å². The lowest BCUT2D eigenvalue weighted by Crippen LogP contribution is -2.52. The number of anilines is 1. The van der Waals surface area contributed by atoms with Gasteiger partial charge in [0.1, 0.15) is 17.4 Å². The van der Waals surface area contributed by atoms with Gasteiger partial charge in [0.25, 0.3) is 5.56 Å². The molecule has 2 aromatic heterocycles. The molecule has 0 bridgehead atoms. The van der Waals surface area contributed by atoms with Gasteiger partial charge in [0.2, 0.25) is 0 Å². The van der Waals surface area contributed by atoms with E-state index >= 15 is 4.39 Å². The van der Waals surface area contributed by atoms with Gasteiger partial charge < -0.3 is 10.0 Å². The minimum absolute atomic E-state index is 0.00541. The fourth-order valence-corrected chi connectivity index (χ4v) is 5.73. The molecular formula is C32H34F2N4O2. The molecule has 40 heavy (non-hydrogen) atoms. The van der Waals surface area contributed by atoms with Crippen LogP contribution in [0.5, 0.6) is 5.75 Å². The highest BCUT2D eigenvalue weighted by Gasteiger charge is 2.27. The van der Waals surface area contributed by atoms with Gasteiger partial charge in [0, 0.05) is 55.4 Å². The molecule has 1 saturated heterocycles. The van der Waals surface area contributed by atoms with Crippen molar-refractivity contribution < 1.29 is 13.9 Å². The number of hydrogen-bond acceptors (Lipinski definition) is 5. The van der Waals surface area contributed by atoms with Crippen LogP contribution in [-0.4, -0.2) is 51.8 Å². The zero-order chi connectivity index (χ0) is 28.7. The third-order valence-electron chi connectivity index (χ3n) is 7.74. The summed E-state index contributed by atoms with van der Waals surface area (Å²) in [6, 6.07) is 10.3. The first-order chi connectivity index (χ1) is 19.1.